The van der Waals surface area contributed by atoms with E-state index in [1.807, 2.05) is 0 Å². The molecular weight excluding hydrogens is 863 g/mol. The van der Waals surface area contributed by atoms with E-state index in [0.717, 1.165) is 12.8 Å². The number of fused-ring (bicyclic) bond motifs is 13. The normalized spacial score (nSPS) is 15.4. The Bertz CT molecular complexity index is 2200. The van der Waals surface area contributed by atoms with Gasteiger partial charge in [0.2, 0.25) is 15.9 Å². The molecular formula is C45H63N7O12S. The molecule has 1 atom stereocenters. The minimum atomic E-state index is -4.09. The molecule has 2 aliphatic heterocycles. The van der Waals surface area contributed by atoms with Crippen molar-refractivity contribution in [3.8, 4) is 17.0 Å². The van der Waals surface area contributed by atoms with Gasteiger partial charge >= 0.3 is 12.1 Å². The summed E-state index contributed by atoms with van der Waals surface area (Å²) in [5.74, 6) is -1.51. The first-order chi connectivity index (χ1) is 30.9. The van der Waals surface area contributed by atoms with E-state index >= 15 is 0 Å². The molecule has 20 heteroatoms. The lowest BCUT2D eigenvalue weighted by atomic mass is 10.0. The Kier molecular flexibility index (Phi) is 20.1. The number of nitrogen functional groups attached to an aromatic ring is 1. The number of carbonyl (C=O) groups excluding carboxylic acids is 5. The summed E-state index contributed by atoms with van der Waals surface area (Å²) < 4.78 is 57.1. The van der Waals surface area contributed by atoms with Crippen LogP contribution in [-0.2, 0) is 49.9 Å². The molecule has 3 aromatic rings. The van der Waals surface area contributed by atoms with Crippen LogP contribution in [0.5, 0.6) is 5.75 Å². The molecule has 0 spiro atoms. The molecule has 4 N–H and O–H groups in total. The van der Waals surface area contributed by atoms with Crippen molar-refractivity contribution >= 4 is 51.2 Å². The van der Waals surface area contributed by atoms with Gasteiger partial charge in [0.05, 0.1) is 75.0 Å². The number of para-hydroxylation sites is 1. The van der Waals surface area contributed by atoms with Crippen molar-refractivity contribution in [2.75, 3.05) is 77.9 Å². The van der Waals surface area contributed by atoms with E-state index in [2.05, 4.69) is 20.6 Å². The number of hydrogen-bond acceptors (Lipinski definition) is 15. The number of ketones is 1. The third-order valence-corrected chi connectivity index (χ3v) is 12.0. The maximum absolute atomic E-state index is 14.0. The Hall–Kier alpha value is -5.70. The number of carbonyl (C=O) groups is 5. The van der Waals surface area contributed by atoms with Gasteiger partial charge in [0.1, 0.15) is 18.0 Å². The molecule has 3 amide bonds. The lowest BCUT2D eigenvalue weighted by Gasteiger charge is -2.25. The van der Waals surface area contributed by atoms with Gasteiger partial charge in [-0.1, -0.05) is 44.0 Å². The summed E-state index contributed by atoms with van der Waals surface area (Å²) in [6.45, 7) is 7.54. The summed E-state index contributed by atoms with van der Waals surface area (Å²) in [5, 5.41) is 5.44. The maximum Gasteiger partial charge on any atom is 0.410 e. The molecule has 356 valence electrons. The van der Waals surface area contributed by atoms with Crippen molar-refractivity contribution < 1.29 is 56.1 Å². The highest BCUT2D eigenvalue weighted by Gasteiger charge is 2.26. The highest BCUT2D eigenvalue weighted by atomic mass is 32.2. The maximum atomic E-state index is 14.0. The van der Waals surface area contributed by atoms with Crippen LogP contribution in [0, 0.1) is 5.92 Å². The molecule has 4 bridgehead atoms. The van der Waals surface area contributed by atoms with Crippen LogP contribution in [0.2, 0.25) is 0 Å². The second kappa shape index (κ2) is 25.1. The molecule has 19 nitrogen and oxygen atoms in total. The molecule has 0 radical (unpaired) electrons. The number of nitrogens with one attached hydrogen (secondary N) is 2. The second-order valence-electron chi connectivity index (χ2n) is 16.5. The Labute approximate surface area is 381 Å². The van der Waals surface area contributed by atoms with E-state index in [9.17, 15) is 32.4 Å². The summed E-state index contributed by atoms with van der Waals surface area (Å²) in [5.41, 5.74) is 6.80. The summed E-state index contributed by atoms with van der Waals surface area (Å²) in [4.78, 5) is 73.3. The zero-order valence-electron chi connectivity index (χ0n) is 38.2. The minimum absolute atomic E-state index is 0.00835. The van der Waals surface area contributed by atoms with Crippen LogP contribution in [0.4, 0.5) is 16.3 Å². The van der Waals surface area contributed by atoms with Crippen LogP contribution in [0.25, 0.3) is 11.3 Å². The Morgan fingerprint density at radius 1 is 0.969 bits per heavy atom. The van der Waals surface area contributed by atoms with Crippen molar-refractivity contribution in [2.24, 2.45) is 5.92 Å². The first-order valence-corrected chi connectivity index (χ1v) is 23.1. The molecule has 2 aliphatic rings. The van der Waals surface area contributed by atoms with Gasteiger partial charge in [-0.3, -0.25) is 19.2 Å². The van der Waals surface area contributed by atoms with E-state index in [-0.39, 0.29) is 129 Å². The smallest absolute Gasteiger partial charge is 0.410 e. The van der Waals surface area contributed by atoms with Gasteiger partial charge in [-0.05, 0) is 58.2 Å². The average molecular weight is 926 g/mol. The monoisotopic (exact) mass is 925 g/mol. The minimum Gasteiger partial charge on any atom is -0.489 e. The van der Waals surface area contributed by atoms with Gasteiger partial charge in [-0.25, -0.2) is 23.2 Å². The van der Waals surface area contributed by atoms with Crippen LogP contribution in [0.15, 0.2) is 53.6 Å². The van der Waals surface area contributed by atoms with Crippen LogP contribution >= 0.6 is 0 Å². The number of anilines is 2. The Balaban J connectivity index is 1.45. The second-order valence-corrected chi connectivity index (χ2v) is 18.5. The van der Waals surface area contributed by atoms with Crippen molar-refractivity contribution in [2.45, 2.75) is 89.7 Å². The molecule has 0 unspecified atom stereocenters. The molecule has 0 aliphatic carbocycles. The highest BCUT2D eigenvalue weighted by Crippen LogP contribution is 2.32. The lowest BCUT2D eigenvalue weighted by Crippen LogP contribution is -2.36. The van der Waals surface area contributed by atoms with Gasteiger partial charge in [-0.15, -0.1) is 0 Å². The van der Waals surface area contributed by atoms with E-state index in [4.69, 9.17) is 29.4 Å². The lowest BCUT2D eigenvalue weighted by molar-refractivity contribution is -0.145. The Morgan fingerprint density at radius 3 is 2.38 bits per heavy atom. The molecule has 0 saturated heterocycles. The number of hydrogen-bond donors (Lipinski definition) is 3. The summed E-state index contributed by atoms with van der Waals surface area (Å²) in [6, 6.07) is 11.0. The van der Waals surface area contributed by atoms with Crippen molar-refractivity contribution in [3.63, 3.8) is 0 Å². The molecule has 0 fully saturated rings. The SMILES string of the molecule is COC(=O)[C@H](C)CCCCCC(=O)CNC(=O)CCCN1CCOCCOCCOc2c(CN(C)C(=O)OC(C)(C)C)cccc2NC(=O)c2nc(cnc2N)-c2ccc(cc2)S1(=O)=O. The average Bonchev–Trinajstić information content (AvgIpc) is 3.26. The van der Waals surface area contributed by atoms with Crippen molar-refractivity contribution in [3.05, 3.63) is 59.9 Å². The van der Waals surface area contributed by atoms with Crippen LogP contribution in [-0.4, -0.2) is 130 Å². The van der Waals surface area contributed by atoms with Crippen LogP contribution < -0.4 is 21.1 Å². The largest absolute Gasteiger partial charge is 0.489 e. The molecule has 2 aromatic carbocycles. The fourth-order valence-electron chi connectivity index (χ4n) is 6.57. The quantitative estimate of drug-likeness (QED) is 0.103. The first kappa shape index (κ1) is 51.9. The number of rotatable bonds is 15. The van der Waals surface area contributed by atoms with Crippen LogP contribution in [0.3, 0.4) is 0 Å². The standard InChI is InChI=1S/C45H63N7O12S/c1-31(43(56)60-6)12-8-7-9-14-34(53)28-47-38(54)16-11-21-52-22-23-61-24-25-62-26-27-63-40-33(30-51(5)44(57)64-45(2,3)4)13-10-15-36(40)50-42(55)39-41(46)48-29-37(49-39)32-17-19-35(20-18-32)65(52,58)59/h10,13,15,17-20,29,31H,7-9,11-12,14,16,21-28,30H2,1-6H3,(H2,46,48)(H,47,54)(H,50,55)/t31-/m1/s1. The Morgan fingerprint density at radius 2 is 1.68 bits per heavy atom. The van der Waals surface area contributed by atoms with Gasteiger partial charge in [-0.2, -0.15) is 4.31 Å². The van der Waals surface area contributed by atoms with Crippen molar-refractivity contribution in [1.82, 2.24) is 24.5 Å². The predicted octanol–water partition coefficient (Wildman–Crippen LogP) is 4.99. The predicted molar refractivity (Wildman–Crippen MR) is 241 cm³/mol. The number of sulfonamides is 1. The molecule has 0 saturated carbocycles. The van der Waals surface area contributed by atoms with Gasteiger partial charge in [0.25, 0.3) is 5.91 Å². The molecule has 3 heterocycles. The summed E-state index contributed by atoms with van der Waals surface area (Å²) in [6.07, 6.45) is 4.13. The fraction of sp³-hybridized carbons (Fsp3) is 0.533. The van der Waals surface area contributed by atoms with Gasteiger partial charge in [0.15, 0.2) is 17.3 Å². The third-order valence-electron chi connectivity index (χ3n) is 10.1. The summed E-state index contributed by atoms with van der Waals surface area (Å²) >= 11 is 0. The number of nitrogens with zero attached hydrogens (tertiary/aromatic N) is 4. The van der Waals surface area contributed by atoms with E-state index < -0.39 is 27.6 Å². The third kappa shape index (κ3) is 16.7. The summed E-state index contributed by atoms with van der Waals surface area (Å²) in [7, 11) is -1.15. The zero-order valence-corrected chi connectivity index (χ0v) is 39.0. The number of esters is 1. The first-order valence-electron chi connectivity index (χ1n) is 21.6. The topological polar surface area (TPSA) is 248 Å². The number of unbranched alkanes of at least 4 members (excludes halogenated alkanes) is 2. The molecule has 5 rings (SSSR count). The fourth-order valence-corrected chi connectivity index (χ4v) is 8.04. The zero-order chi connectivity index (χ0) is 47.6. The highest BCUT2D eigenvalue weighted by molar-refractivity contribution is 7.89. The number of aromatic nitrogens is 2. The number of methoxy groups -OCH3 is 1. The number of nitrogens with two attached hydrogens (primary N) is 1. The van der Waals surface area contributed by atoms with Gasteiger partial charge < -0.3 is 45.0 Å². The number of Topliss-reactive ketones (excluding diaryl/α,β-unsaturated/α-hetero) is 1. The van der Waals surface area contributed by atoms with E-state index in [1.165, 1.54) is 46.8 Å². The van der Waals surface area contributed by atoms with Gasteiger partial charge in [0, 0.05) is 44.1 Å². The van der Waals surface area contributed by atoms with E-state index in [1.54, 1.807) is 52.9 Å². The number of amides is 3. The van der Waals surface area contributed by atoms with Crippen LogP contribution in [0.1, 0.15) is 88.7 Å². The molecule has 65 heavy (non-hydrogen) atoms. The number of benzene rings is 2. The molecule has 1 aromatic heterocycles. The number of ether oxygens (including phenoxy) is 5. The van der Waals surface area contributed by atoms with E-state index in [0.29, 0.717) is 30.4 Å². The van der Waals surface area contributed by atoms with Crippen molar-refractivity contribution in [1.29, 1.82) is 0 Å².